The van der Waals surface area contributed by atoms with Crippen LogP contribution in [0.25, 0.3) is 0 Å². The number of aliphatic carboxylic acids is 1. The van der Waals surface area contributed by atoms with Crippen LogP contribution in [0.15, 0.2) is 0 Å². The Bertz CT molecular complexity index is 329. The van der Waals surface area contributed by atoms with Crippen LogP contribution in [-0.2, 0) is 4.79 Å². The van der Waals surface area contributed by atoms with Crippen LogP contribution < -0.4 is 10.6 Å². The van der Waals surface area contributed by atoms with Gasteiger partial charge < -0.3 is 15.7 Å². The van der Waals surface area contributed by atoms with Crippen LogP contribution in [-0.4, -0.2) is 28.7 Å². The second-order valence-electron chi connectivity index (χ2n) is 4.00. The molecule has 5 nitrogen and oxygen atoms in total. The number of carbonyl (C=O) groups is 2. The molecule has 0 bridgehead atoms. The van der Waals surface area contributed by atoms with Gasteiger partial charge in [0, 0.05) is 12.5 Å². The van der Waals surface area contributed by atoms with E-state index in [1.165, 1.54) is 0 Å². The number of terminal acetylenes is 1. The molecule has 1 unspecified atom stereocenters. The van der Waals surface area contributed by atoms with Gasteiger partial charge in [-0.1, -0.05) is 6.92 Å². The summed E-state index contributed by atoms with van der Waals surface area (Å²) >= 11 is 0. The Morgan fingerprint density at radius 2 is 2.19 bits per heavy atom. The molecule has 1 saturated carbocycles. The molecule has 0 aliphatic heterocycles. The lowest BCUT2D eigenvalue weighted by atomic mass is 10.1. The van der Waals surface area contributed by atoms with Gasteiger partial charge in [0.25, 0.3) is 0 Å². The lowest BCUT2D eigenvalue weighted by Crippen LogP contribution is -2.50. The van der Waals surface area contributed by atoms with Gasteiger partial charge in [-0.2, -0.15) is 0 Å². The normalized spacial score (nSPS) is 18.0. The van der Waals surface area contributed by atoms with E-state index >= 15 is 0 Å². The minimum absolute atomic E-state index is 0.102. The summed E-state index contributed by atoms with van der Waals surface area (Å²) in [5.74, 6) is 1.49. The Morgan fingerprint density at radius 1 is 1.56 bits per heavy atom. The molecule has 1 rings (SSSR count). The number of rotatable bonds is 5. The summed E-state index contributed by atoms with van der Waals surface area (Å²) in [4.78, 5) is 22.3. The van der Waals surface area contributed by atoms with Gasteiger partial charge in [-0.3, -0.25) is 0 Å². The van der Waals surface area contributed by atoms with Gasteiger partial charge in [-0.15, -0.1) is 12.3 Å². The first-order valence-corrected chi connectivity index (χ1v) is 5.29. The van der Waals surface area contributed by atoms with Crippen LogP contribution in [0.1, 0.15) is 32.6 Å². The summed E-state index contributed by atoms with van der Waals surface area (Å²) in [6.07, 6.45) is 7.30. The number of amides is 2. The van der Waals surface area contributed by atoms with Gasteiger partial charge in [0.2, 0.25) is 0 Å². The molecule has 1 fully saturated rings. The smallest absolute Gasteiger partial charge is 0.329 e. The summed E-state index contributed by atoms with van der Waals surface area (Å²) < 4.78 is 0. The van der Waals surface area contributed by atoms with E-state index in [2.05, 4.69) is 16.6 Å². The minimum atomic E-state index is -1.04. The maximum absolute atomic E-state index is 11.5. The summed E-state index contributed by atoms with van der Waals surface area (Å²) in [5.41, 5.74) is -1.04. The summed E-state index contributed by atoms with van der Waals surface area (Å²) in [6, 6.07) is -0.559. The zero-order valence-electron chi connectivity index (χ0n) is 9.25. The van der Waals surface area contributed by atoms with E-state index in [4.69, 9.17) is 11.5 Å². The molecule has 1 aliphatic rings. The lowest BCUT2D eigenvalue weighted by Gasteiger charge is -2.18. The van der Waals surface area contributed by atoms with Crippen LogP contribution in [0.4, 0.5) is 4.79 Å². The number of hydrogen-bond donors (Lipinski definition) is 3. The van der Waals surface area contributed by atoms with E-state index in [0.717, 1.165) is 6.42 Å². The predicted molar refractivity (Wildman–Crippen MR) is 58.8 cm³/mol. The largest absolute Gasteiger partial charge is 0.480 e. The van der Waals surface area contributed by atoms with Crippen molar-refractivity contribution in [2.24, 2.45) is 0 Å². The zero-order valence-corrected chi connectivity index (χ0v) is 9.25. The highest BCUT2D eigenvalue weighted by Crippen LogP contribution is 2.35. The van der Waals surface area contributed by atoms with Crippen molar-refractivity contribution in [3.05, 3.63) is 0 Å². The molecular formula is C11H16N2O3. The van der Waals surface area contributed by atoms with Gasteiger partial charge in [-0.25, -0.2) is 9.59 Å². The number of carboxylic acid groups (broad SMARTS) is 1. The lowest BCUT2D eigenvalue weighted by molar-refractivity contribution is -0.140. The molecule has 0 saturated heterocycles. The van der Waals surface area contributed by atoms with Crippen molar-refractivity contribution >= 4 is 12.0 Å². The molecule has 2 amide bonds. The van der Waals surface area contributed by atoms with Crippen LogP contribution in [0.5, 0.6) is 0 Å². The Hall–Kier alpha value is -1.70. The molecule has 0 aromatic heterocycles. The van der Waals surface area contributed by atoms with Gasteiger partial charge in [0.15, 0.2) is 0 Å². The molecule has 1 aliphatic carbocycles. The highest BCUT2D eigenvalue weighted by atomic mass is 16.4. The number of nitrogens with one attached hydrogen (secondary N) is 2. The Labute approximate surface area is 94.6 Å². The minimum Gasteiger partial charge on any atom is -0.480 e. The molecule has 0 aromatic rings. The van der Waals surface area contributed by atoms with Gasteiger partial charge in [0.1, 0.15) is 5.54 Å². The Morgan fingerprint density at radius 3 is 2.56 bits per heavy atom. The molecule has 1 atom stereocenters. The maximum atomic E-state index is 11.5. The summed E-state index contributed by atoms with van der Waals surface area (Å²) in [5, 5.41) is 14.0. The average Bonchev–Trinajstić information content (AvgIpc) is 2.98. The van der Waals surface area contributed by atoms with E-state index in [9.17, 15) is 9.59 Å². The Kier molecular flexibility index (Phi) is 3.78. The standard InChI is InChI=1S/C11H16N2O3/c1-3-5-8(4-2)12-10(16)13-11(6-7-11)9(14)15/h1,8H,4-7H2,2H3,(H,14,15)(H2,12,13,16). The quantitative estimate of drug-likeness (QED) is 0.602. The first-order chi connectivity index (χ1) is 7.54. The highest BCUT2D eigenvalue weighted by molar-refractivity contribution is 5.88. The number of urea groups is 1. The van der Waals surface area contributed by atoms with E-state index in [1.807, 2.05) is 6.92 Å². The fraction of sp³-hybridized carbons (Fsp3) is 0.636. The molecule has 3 N–H and O–H groups in total. The average molecular weight is 224 g/mol. The van der Waals surface area contributed by atoms with Gasteiger partial charge >= 0.3 is 12.0 Å². The van der Waals surface area contributed by atoms with Crippen LogP contribution in [0.3, 0.4) is 0 Å². The van der Waals surface area contributed by atoms with E-state index in [1.54, 1.807) is 0 Å². The molecule has 0 heterocycles. The van der Waals surface area contributed by atoms with Gasteiger partial charge in [-0.05, 0) is 19.3 Å². The van der Waals surface area contributed by atoms with E-state index < -0.39 is 17.5 Å². The third-order valence-corrected chi connectivity index (χ3v) is 2.70. The molecule has 0 radical (unpaired) electrons. The van der Waals surface area contributed by atoms with Crippen molar-refractivity contribution in [2.45, 2.75) is 44.2 Å². The second-order valence-corrected chi connectivity index (χ2v) is 4.00. The summed E-state index contributed by atoms with van der Waals surface area (Å²) in [6.45, 7) is 1.91. The number of carboxylic acids is 1. The third kappa shape index (κ3) is 2.89. The van der Waals surface area contributed by atoms with E-state index in [-0.39, 0.29) is 6.04 Å². The second kappa shape index (κ2) is 4.88. The molecule has 0 spiro atoms. The number of hydrogen-bond acceptors (Lipinski definition) is 2. The van der Waals surface area contributed by atoms with Crippen molar-refractivity contribution in [3.63, 3.8) is 0 Å². The first kappa shape index (κ1) is 12.4. The Balaban J connectivity index is 2.42. The van der Waals surface area contributed by atoms with Crippen molar-refractivity contribution < 1.29 is 14.7 Å². The molecule has 16 heavy (non-hydrogen) atoms. The van der Waals surface area contributed by atoms with Crippen molar-refractivity contribution in [2.75, 3.05) is 0 Å². The van der Waals surface area contributed by atoms with Crippen LogP contribution in [0.2, 0.25) is 0 Å². The predicted octanol–water partition coefficient (Wildman–Crippen LogP) is 0.705. The first-order valence-electron chi connectivity index (χ1n) is 5.29. The van der Waals surface area contributed by atoms with Crippen LogP contribution >= 0.6 is 0 Å². The van der Waals surface area contributed by atoms with E-state index in [0.29, 0.717) is 19.3 Å². The van der Waals surface area contributed by atoms with Crippen molar-refractivity contribution in [1.29, 1.82) is 0 Å². The highest BCUT2D eigenvalue weighted by Gasteiger charge is 2.51. The molecular weight excluding hydrogens is 208 g/mol. The third-order valence-electron chi connectivity index (χ3n) is 2.70. The topological polar surface area (TPSA) is 78.4 Å². The SMILES string of the molecule is C#CCC(CC)NC(=O)NC1(C(=O)O)CC1. The fourth-order valence-electron chi connectivity index (χ4n) is 1.40. The molecule has 0 aromatic carbocycles. The van der Waals surface area contributed by atoms with Gasteiger partial charge in [0.05, 0.1) is 0 Å². The van der Waals surface area contributed by atoms with Crippen molar-refractivity contribution in [1.82, 2.24) is 10.6 Å². The number of carbonyl (C=O) groups excluding carboxylic acids is 1. The summed E-state index contributed by atoms with van der Waals surface area (Å²) in [7, 11) is 0. The van der Waals surface area contributed by atoms with Crippen LogP contribution in [0, 0.1) is 12.3 Å². The zero-order chi connectivity index (χ0) is 12.2. The monoisotopic (exact) mass is 224 g/mol. The fourth-order valence-corrected chi connectivity index (χ4v) is 1.40. The molecule has 88 valence electrons. The maximum Gasteiger partial charge on any atom is 0.329 e. The van der Waals surface area contributed by atoms with Crippen molar-refractivity contribution in [3.8, 4) is 12.3 Å². The molecule has 5 heteroatoms.